The van der Waals surface area contributed by atoms with Crippen molar-refractivity contribution in [2.24, 2.45) is 5.73 Å². The second kappa shape index (κ2) is 6.65. The molecule has 1 aliphatic rings. The van der Waals surface area contributed by atoms with Crippen LogP contribution in [0.1, 0.15) is 25.3 Å². The van der Waals surface area contributed by atoms with Gasteiger partial charge in [0, 0.05) is 11.6 Å². The molecule has 0 bridgehead atoms. The Balaban J connectivity index is 2.28. The third kappa shape index (κ3) is 2.81. The number of fused-ring (bicyclic) bond motifs is 1. The highest BCUT2D eigenvalue weighted by Gasteiger charge is 2.37. The summed E-state index contributed by atoms with van der Waals surface area (Å²) in [6, 6.07) is 11.4. The van der Waals surface area contributed by atoms with Crippen LogP contribution >= 0.6 is 0 Å². The molecular weight excluding hydrogens is 318 g/mol. The molecule has 0 fully saturated rings. The Morgan fingerprint density at radius 3 is 2.88 bits per heavy atom. The number of nitrogens with zero attached hydrogens (tertiary/aromatic N) is 2. The summed E-state index contributed by atoms with van der Waals surface area (Å²) < 4.78 is 10.6. The summed E-state index contributed by atoms with van der Waals surface area (Å²) in [6.07, 6.45) is 1.67. The molecule has 3 rings (SSSR count). The molecule has 1 aromatic carbocycles. The molecule has 1 atom stereocenters. The van der Waals surface area contributed by atoms with E-state index in [4.69, 9.17) is 15.2 Å². The summed E-state index contributed by atoms with van der Waals surface area (Å²) in [5.74, 6) is -0.895. The maximum atomic E-state index is 12.5. The Morgan fingerprint density at radius 1 is 1.40 bits per heavy atom. The number of rotatable bonds is 3. The minimum absolute atomic E-state index is 0.00835. The first kappa shape index (κ1) is 16.5. The predicted octanol–water partition coefficient (Wildman–Crippen LogP) is 2.88. The number of nitriles is 1. The predicted molar refractivity (Wildman–Crippen MR) is 91.7 cm³/mol. The van der Waals surface area contributed by atoms with Gasteiger partial charge in [-0.1, -0.05) is 24.3 Å². The molecule has 0 aliphatic carbocycles. The van der Waals surface area contributed by atoms with Crippen LogP contribution in [0.15, 0.2) is 59.3 Å². The number of ether oxygens (including phenoxy) is 2. The average molecular weight is 335 g/mol. The van der Waals surface area contributed by atoms with Gasteiger partial charge in [-0.2, -0.15) is 5.26 Å². The van der Waals surface area contributed by atoms with E-state index in [-0.39, 0.29) is 23.6 Å². The van der Waals surface area contributed by atoms with Crippen molar-refractivity contribution in [3.63, 3.8) is 0 Å². The molecular formula is C19H17N3O3. The van der Waals surface area contributed by atoms with Gasteiger partial charge in [-0.3, -0.25) is 4.98 Å². The van der Waals surface area contributed by atoms with Gasteiger partial charge in [-0.05, 0) is 25.5 Å². The smallest absolute Gasteiger partial charge is 0.338 e. The number of allylic oxidation sites excluding steroid dienone is 2. The van der Waals surface area contributed by atoms with E-state index in [0.717, 1.165) is 5.39 Å². The summed E-state index contributed by atoms with van der Waals surface area (Å²) in [4.78, 5) is 17.0. The largest absolute Gasteiger partial charge is 0.463 e. The lowest BCUT2D eigenvalue weighted by molar-refractivity contribution is -0.139. The second-order valence-electron chi connectivity index (χ2n) is 5.54. The second-order valence-corrected chi connectivity index (χ2v) is 5.54. The zero-order chi connectivity index (χ0) is 18.0. The molecule has 6 heteroatoms. The Bertz CT molecular complexity index is 949. The van der Waals surface area contributed by atoms with Gasteiger partial charge in [-0.25, -0.2) is 4.79 Å². The van der Waals surface area contributed by atoms with Crippen LogP contribution < -0.4 is 5.73 Å². The molecule has 6 nitrogen and oxygen atoms in total. The normalized spacial score (nSPS) is 17.2. The Hall–Kier alpha value is -3.33. The molecule has 1 aliphatic heterocycles. The van der Waals surface area contributed by atoms with Crippen LogP contribution in [-0.2, 0) is 14.3 Å². The number of pyridine rings is 1. The fraction of sp³-hybridized carbons (Fsp3) is 0.211. The van der Waals surface area contributed by atoms with E-state index in [1.165, 1.54) is 0 Å². The number of carbonyl (C=O) groups excluding carboxylic acids is 1. The Kier molecular flexibility index (Phi) is 4.40. The van der Waals surface area contributed by atoms with Crippen LogP contribution in [0.2, 0.25) is 0 Å². The quantitative estimate of drug-likeness (QED) is 0.866. The number of esters is 1. The highest BCUT2D eigenvalue weighted by molar-refractivity contribution is 5.94. The monoisotopic (exact) mass is 335 g/mol. The van der Waals surface area contributed by atoms with Crippen molar-refractivity contribution in [3.8, 4) is 6.07 Å². The first-order chi connectivity index (χ1) is 12.1. The molecule has 0 spiro atoms. The third-order valence-electron chi connectivity index (χ3n) is 4.08. The minimum atomic E-state index is -0.684. The van der Waals surface area contributed by atoms with Gasteiger partial charge in [-0.15, -0.1) is 0 Å². The van der Waals surface area contributed by atoms with Crippen molar-refractivity contribution in [3.05, 3.63) is 64.9 Å². The third-order valence-corrected chi connectivity index (χ3v) is 4.08. The summed E-state index contributed by atoms with van der Waals surface area (Å²) in [5.41, 5.74) is 7.77. The molecule has 2 aromatic rings. The summed E-state index contributed by atoms with van der Waals surface area (Å²) in [6.45, 7) is 3.58. The Morgan fingerprint density at radius 2 is 2.16 bits per heavy atom. The lowest BCUT2D eigenvalue weighted by Gasteiger charge is -2.27. The SMILES string of the molecule is CCOC(=O)C1=C(C)OC(N)=C(C#N)C1c1cccc2cccnc12. The van der Waals surface area contributed by atoms with Crippen LogP contribution in [0, 0.1) is 11.3 Å². The van der Waals surface area contributed by atoms with Gasteiger partial charge >= 0.3 is 5.97 Å². The van der Waals surface area contributed by atoms with Crippen LogP contribution in [0.4, 0.5) is 0 Å². The first-order valence-corrected chi connectivity index (χ1v) is 7.87. The van der Waals surface area contributed by atoms with Gasteiger partial charge in [0.15, 0.2) is 0 Å². The average Bonchev–Trinajstić information content (AvgIpc) is 2.60. The van der Waals surface area contributed by atoms with E-state index < -0.39 is 11.9 Å². The van der Waals surface area contributed by atoms with Gasteiger partial charge in [0.05, 0.1) is 23.6 Å². The van der Waals surface area contributed by atoms with E-state index in [1.807, 2.05) is 30.3 Å². The number of nitrogens with two attached hydrogens (primary N) is 1. The standard InChI is InChI=1S/C19H17N3O3/c1-3-24-19(23)15-11(2)25-18(21)14(10-20)16(15)13-8-4-6-12-7-5-9-22-17(12)13/h4-9,16H,3,21H2,1-2H3. The Labute approximate surface area is 145 Å². The van der Waals surface area contributed by atoms with Crippen LogP contribution in [0.25, 0.3) is 10.9 Å². The topological polar surface area (TPSA) is 98.2 Å². The van der Waals surface area contributed by atoms with Gasteiger partial charge < -0.3 is 15.2 Å². The molecule has 1 aromatic heterocycles. The van der Waals surface area contributed by atoms with Crippen molar-refractivity contribution in [1.82, 2.24) is 4.98 Å². The molecule has 0 amide bonds. The summed E-state index contributed by atoms with van der Waals surface area (Å²) in [7, 11) is 0. The van der Waals surface area contributed by atoms with Crippen molar-refractivity contribution >= 4 is 16.9 Å². The fourth-order valence-electron chi connectivity index (χ4n) is 3.03. The van der Waals surface area contributed by atoms with Crippen molar-refractivity contribution in [1.29, 1.82) is 5.26 Å². The van der Waals surface area contributed by atoms with Gasteiger partial charge in [0.1, 0.15) is 17.4 Å². The molecule has 0 saturated carbocycles. The first-order valence-electron chi connectivity index (χ1n) is 7.87. The molecule has 2 N–H and O–H groups in total. The van der Waals surface area contributed by atoms with Crippen molar-refractivity contribution in [2.45, 2.75) is 19.8 Å². The lowest BCUT2D eigenvalue weighted by atomic mass is 9.82. The number of aromatic nitrogens is 1. The fourth-order valence-corrected chi connectivity index (χ4v) is 3.03. The molecule has 0 saturated heterocycles. The van der Waals surface area contributed by atoms with Crippen molar-refractivity contribution in [2.75, 3.05) is 6.61 Å². The number of hydrogen-bond acceptors (Lipinski definition) is 6. The lowest BCUT2D eigenvalue weighted by Crippen LogP contribution is -2.25. The van der Waals surface area contributed by atoms with E-state index in [2.05, 4.69) is 11.1 Å². The van der Waals surface area contributed by atoms with E-state index in [9.17, 15) is 10.1 Å². The van der Waals surface area contributed by atoms with Crippen LogP contribution in [0.3, 0.4) is 0 Å². The van der Waals surface area contributed by atoms with Gasteiger partial charge in [0.25, 0.3) is 0 Å². The highest BCUT2D eigenvalue weighted by Crippen LogP contribution is 2.41. The molecule has 0 radical (unpaired) electrons. The zero-order valence-corrected chi connectivity index (χ0v) is 13.9. The van der Waals surface area contributed by atoms with E-state index >= 15 is 0 Å². The van der Waals surface area contributed by atoms with Crippen LogP contribution in [0.5, 0.6) is 0 Å². The molecule has 25 heavy (non-hydrogen) atoms. The number of benzene rings is 1. The van der Waals surface area contributed by atoms with E-state index in [1.54, 1.807) is 20.0 Å². The van der Waals surface area contributed by atoms with Gasteiger partial charge in [0.2, 0.25) is 5.88 Å². The maximum absolute atomic E-state index is 12.5. The zero-order valence-electron chi connectivity index (χ0n) is 13.9. The molecule has 2 heterocycles. The summed E-state index contributed by atoms with van der Waals surface area (Å²) >= 11 is 0. The highest BCUT2D eigenvalue weighted by atomic mass is 16.5. The van der Waals surface area contributed by atoms with Crippen LogP contribution in [-0.4, -0.2) is 17.6 Å². The number of para-hydroxylation sites is 1. The molecule has 1 unspecified atom stereocenters. The summed E-state index contributed by atoms with van der Waals surface area (Å²) in [5, 5.41) is 10.5. The minimum Gasteiger partial charge on any atom is -0.463 e. The van der Waals surface area contributed by atoms with E-state index in [0.29, 0.717) is 16.8 Å². The maximum Gasteiger partial charge on any atom is 0.338 e. The van der Waals surface area contributed by atoms with Crippen molar-refractivity contribution < 1.29 is 14.3 Å². The number of hydrogen-bond donors (Lipinski definition) is 1. The number of carbonyl (C=O) groups is 1. The molecule has 126 valence electrons.